The van der Waals surface area contributed by atoms with Crippen molar-refractivity contribution in [2.45, 2.75) is 19.0 Å². The number of rotatable bonds is 8. The number of hydrogen-bond acceptors (Lipinski definition) is 6. The first-order valence-electron chi connectivity index (χ1n) is 13.2. The predicted molar refractivity (Wildman–Crippen MR) is 154 cm³/mol. The smallest absolute Gasteiger partial charge is 0.251 e. The minimum absolute atomic E-state index is 0.0651. The summed E-state index contributed by atoms with van der Waals surface area (Å²) in [5.74, 6) is -0.533. The number of aromatic nitrogens is 3. The number of primary amides is 1. The molecule has 3 heterocycles. The minimum Gasteiger partial charge on any atom is -0.366 e. The lowest BCUT2D eigenvalue weighted by Gasteiger charge is -2.17. The molecular weight excluding hydrogens is 502 g/mol. The highest BCUT2D eigenvalue weighted by Gasteiger charge is 2.24. The van der Waals surface area contributed by atoms with Crippen molar-refractivity contribution in [3.63, 3.8) is 0 Å². The van der Waals surface area contributed by atoms with Gasteiger partial charge in [-0.05, 0) is 60.5 Å². The van der Waals surface area contributed by atoms with Crippen LogP contribution in [0.3, 0.4) is 0 Å². The molecule has 1 aliphatic heterocycles. The maximum Gasteiger partial charge on any atom is 0.251 e. The average Bonchev–Trinajstić information content (AvgIpc) is 3.64. The van der Waals surface area contributed by atoms with E-state index in [0.717, 1.165) is 48.7 Å². The van der Waals surface area contributed by atoms with Crippen LogP contribution in [0.1, 0.15) is 32.7 Å². The zero-order valence-corrected chi connectivity index (χ0v) is 21.8. The van der Waals surface area contributed by atoms with Gasteiger partial charge >= 0.3 is 0 Å². The highest BCUT2D eigenvalue weighted by atomic mass is 16.2. The van der Waals surface area contributed by atoms with Gasteiger partial charge in [0.1, 0.15) is 6.33 Å². The number of likely N-dealkylation sites (tertiary alicyclic amines) is 1. The van der Waals surface area contributed by atoms with Gasteiger partial charge in [-0.3, -0.25) is 14.5 Å². The average molecular weight is 532 g/mol. The van der Waals surface area contributed by atoms with Crippen LogP contribution >= 0.6 is 0 Å². The van der Waals surface area contributed by atoms with Crippen LogP contribution in [0, 0.1) is 0 Å². The fourth-order valence-electron chi connectivity index (χ4n) is 5.10. The number of hydrogen-bond donors (Lipinski definition) is 3. The highest BCUT2D eigenvalue weighted by Crippen LogP contribution is 2.27. The van der Waals surface area contributed by atoms with Gasteiger partial charge in [0.05, 0.1) is 11.4 Å². The highest BCUT2D eigenvalue weighted by molar-refractivity contribution is 5.95. The lowest BCUT2D eigenvalue weighted by Crippen LogP contribution is -2.36. The quantitative estimate of drug-likeness (QED) is 0.276. The van der Waals surface area contributed by atoms with Crippen molar-refractivity contribution in [2.24, 2.45) is 5.73 Å². The Labute approximate surface area is 231 Å². The normalized spacial score (nSPS) is 15.2. The molecule has 0 spiro atoms. The zero-order chi connectivity index (χ0) is 27.5. The molecule has 0 bridgehead atoms. The molecule has 0 radical (unpaired) electrons. The number of nitrogens with one attached hydrogen (secondary N) is 2. The topological polar surface area (TPSA) is 118 Å². The maximum atomic E-state index is 12.9. The van der Waals surface area contributed by atoms with Crippen LogP contribution < -0.4 is 16.4 Å². The molecule has 9 heteroatoms. The lowest BCUT2D eigenvalue weighted by molar-refractivity contribution is 0.0936. The van der Waals surface area contributed by atoms with Crippen molar-refractivity contribution in [2.75, 3.05) is 18.4 Å². The first-order valence-corrected chi connectivity index (χ1v) is 13.2. The number of amides is 2. The van der Waals surface area contributed by atoms with Gasteiger partial charge < -0.3 is 16.4 Å². The standard InChI is InChI=1S/C31H29N7O2/c32-29(39)23-8-6-22(7-9-23)28-15-14-27(30-33-20-34-38(28)30)35-25-12-10-24(11-13-25)31(40)36-26-16-17-37(19-26)18-21-4-2-1-3-5-21/h1-15,20,26,35H,16-19H2,(H2,32,39)(H,36,40). The van der Waals surface area contributed by atoms with E-state index in [1.165, 1.54) is 11.9 Å². The van der Waals surface area contributed by atoms with Gasteiger partial charge in [0.25, 0.3) is 5.91 Å². The SMILES string of the molecule is NC(=O)c1ccc(-c2ccc(Nc3ccc(C(=O)NC4CCN(Cc5ccccc5)C4)cc3)c3ncnn23)cc1. The van der Waals surface area contributed by atoms with Crippen molar-refractivity contribution in [1.29, 1.82) is 0 Å². The van der Waals surface area contributed by atoms with E-state index in [1.54, 1.807) is 16.6 Å². The number of fused-ring (bicyclic) bond motifs is 1. The van der Waals surface area contributed by atoms with E-state index in [0.29, 0.717) is 16.8 Å². The van der Waals surface area contributed by atoms with Crippen LogP contribution in [0.25, 0.3) is 16.9 Å². The largest absolute Gasteiger partial charge is 0.366 e. The van der Waals surface area contributed by atoms with Crippen molar-refractivity contribution >= 4 is 28.8 Å². The van der Waals surface area contributed by atoms with E-state index in [2.05, 4.69) is 49.9 Å². The number of carbonyl (C=O) groups excluding carboxylic acids is 2. The summed E-state index contributed by atoms with van der Waals surface area (Å²) in [7, 11) is 0. The van der Waals surface area contributed by atoms with E-state index in [9.17, 15) is 9.59 Å². The molecular formula is C31H29N7O2. The molecule has 2 amide bonds. The van der Waals surface area contributed by atoms with Gasteiger partial charge in [-0.1, -0.05) is 42.5 Å². The molecule has 0 saturated carbocycles. The number of nitrogens with zero attached hydrogens (tertiary/aromatic N) is 4. The van der Waals surface area contributed by atoms with Gasteiger partial charge in [-0.2, -0.15) is 5.10 Å². The van der Waals surface area contributed by atoms with Gasteiger partial charge in [0.15, 0.2) is 5.65 Å². The molecule has 1 atom stereocenters. The van der Waals surface area contributed by atoms with Crippen molar-refractivity contribution in [3.05, 3.63) is 114 Å². The predicted octanol–water partition coefficient (Wildman–Crippen LogP) is 4.24. The lowest BCUT2D eigenvalue weighted by atomic mass is 10.1. The molecule has 6 rings (SSSR count). The molecule has 200 valence electrons. The Kier molecular flexibility index (Phi) is 6.95. The first kappa shape index (κ1) is 25.3. The van der Waals surface area contributed by atoms with Crippen molar-refractivity contribution in [1.82, 2.24) is 24.8 Å². The summed E-state index contributed by atoms with van der Waals surface area (Å²) in [6.07, 6.45) is 2.44. The minimum atomic E-state index is -0.468. The third-order valence-corrected chi connectivity index (χ3v) is 7.17. The number of nitrogens with two attached hydrogens (primary N) is 1. The summed E-state index contributed by atoms with van der Waals surface area (Å²) in [5.41, 5.74) is 11.7. The summed E-state index contributed by atoms with van der Waals surface area (Å²) in [5, 5.41) is 11.0. The summed E-state index contributed by atoms with van der Waals surface area (Å²) in [4.78, 5) is 31.1. The molecule has 40 heavy (non-hydrogen) atoms. The third kappa shape index (κ3) is 5.41. The van der Waals surface area contributed by atoms with Crippen LogP contribution in [0.2, 0.25) is 0 Å². The van der Waals surface area contributed by atoms with Crippen LogP contribution in [0.4, 0.5) is 11.4 Å². The summed E-state index contributed by atoms with van der Waals surface area (Å²) in [6.45, 7) is 2.71. The maximum absolute atomic E-state index is 12.9. The van der Waals surface area contributed by atoms with Crippen molar-refractivity contribution in [3.8, 4) is 11.3 Å². The van der Waals surface area contributed by atoms with Crippen LogP contribution in [-0.4, -0.2) is 50.4 Å². The van der Waals surface area contributed by atoms with E-state index >= 15 is 0 Å². The third-order valence-electron chi connectivity index (χ3n) is 7.17. The number of benzene rings is 3. The van der Waals surface area contributed by atoms with Crippen LogP contribution in [-0.2, 0) is 6.54 Å². The summed E-state index contributed by atoms with van der Waals surface area (Å²) in [6, 6.07) is 28.9. The Morgan fingerprint density at radius 2 is 1.65 bits per heavy atom. The Morgan fingerprint density at radius 1 is 0.900 bits per heavy atom. The summed E-state index contributed by atoms with van der Waals surface area (Å²) < 4.78 is 1.74. The van der Waals surface area contributed by atoms with Crippen LogP contribution in [0.5, 0.6) is 0 Å². The molecule has 1 aliphatic rings. The summed E-state index contributed by atoms with van der Waals surface area (Å²) >= 11 is 0. The van der Waals surface area contributed by atoms with Crippen LogP contribution in [0.15, 0.2) is 97.3 Å². The first-order chi connectivity index (χ1) is 19.5. The number of anilines is 2. The molecule has 1 unspecified atom stereocenters. The second-order valence-corrected chi connectivity index (χ2v) is 9.95. The molecule has 5 aromatic rings. The Hall–Kier alpha value is -5.02. The van der Waals surface area contributed by atoms with Gasteiger partial charge in [0.2, 0.25) is 5.91 Å². The monoisotopic (exact) mass is 531 g/mol. The van der Waals surface area contributed by atoms with E-state index in [4.69, 9.17) is 5.73 Å². The molecule has 2 aromatic heterocycles. The zero-order valence-electron chi connectivity index (χ0n) is 21.8. The van der Waals surface area contributed by atoms with Crippen molar-refractivity contribution < 1.29 is 9.59 Å². The Bertz CT molecular complexity index is 1650. The molecule has 0 aliphatic carbocycles. The Morgan fingerprint density at radius 3 is 2.40 bits per heavy atom. The molecule has 9 nitrogen and oxygen atoms in total. The number of pyridine rings is 1. The molecule has 1 saturated heterocycles. The fraction of sp³-hybridized carbons (Fsp3) is 0.161. The molecule has 4 N–H and O–H groups in total. The fourth-order valence-corrected chi connectivity index (χ4v) is 5.10. The Balaban J connectivity index is 1.10. The number of carbonyl (C=O) groups is 2. The van der Waals surface area contributed by atoms with Gasteiger partial charge in [-0.15, -0.1) is 0 Å². The van der Waals surface area contributed by atoms with E-state index in [-0.39, 0.29) is 11.9 Å². The second-order valence-electron chi connectivity index (χ2n) is 9.95. The van der Waals surface area contributed by atoms with Gasteiger partial charge in [0, 0.05) is 48.1 Å². The molecule has 1 fully saturated rings. The van der Waals surface area contributed by atoms with Gasteiger partial charge in [-0.25, -0.2) is 9.50 Å². The van der Waals surface area contributed by atoms with E-state index in [1.807, 2.05) is 54.6 Å². The second kappa shape index (κ2) is 11.0. The van der Waals surface area contributed by atoms with E-state index < -0.39 is 5.91 Å². The molecule has 3 aromatic carbocycles.